The molecular formula is C15H23N5. The van der Waals surface area contributed by atoms with Crippen LogP contribution in [0, 0.1) is 27.7 Å². The van der Waals surface area contributed by atoms with Crippen molar-refractivity contribution in [1.29, 1.82) is 0 Å². The molecule has 0 spiro atoms. The van der Waals surface area contributed by atoms with Gasteiger partial charge in [0, 0.05) is 35.7 Å². The lowest BCUT2D eigenvalue weighted by Gasteiger charge is -2.11. The monoisotopic (exact) mass is 273 g/mol. The van der Waals surface area contributed by atoms with Crippen molar-refractivity contribution < 1.29 is 0 Å². The van der Waals surface area contributed by atoms with Gasteiger partial charge >= 0.3 is 0 Å². The Hall–Kier alpha value is -1.75. The van der Waals surface area contributed by atoms with Crippen molar-refractivity contribution in [2.24, 2.45) is 0 Å². The van der Waals surface area contributed by atoms with E-state index in [1.807, 2.05) is 31.6 Å². The average Bonchev–Trinajstić information content (AvgIpc) is 2.65. The van der Waals surface area contributed by atoms with Crippen molar-refractivity contribution in [3.8, 4) is 5.95 Å². The quantitative estimate of drug-likeness (QED) is 0.929. The topological polar surface area (TPSA) is 55.6 Å². The summed E-state index contributed by atoms with van der Waals surface area (Å²) in [6.45, 7) is 13.2. The lowest BCUT2D eigenvalue weighted by atomic mass is 10.2. The van der Waals surface area contributed by atoms with E-state index in [-0.39, 0.29) is 0 Å². The van der Waals surface area contributed by atoms with Crippen LogP contribution in [0.2, 0.25) is 0 Å². The van der Waals surface area contributed by atoms with Gasteiger partial charge in [-0.25, -0.2) is 14.6 Å². The van der Waals surface area contributed by atoms with Crippen LogP contribution in [0.5, 0.6) is 0 Å². The average molecular weight is 273 g/mol. The van der Waals surface area contributed by atoms with Crippen LogP contribution in [0.1, 0.15) is 42.1 Å². The third-order valence-electron chi connectivity index (χ3n) is 3.61. The highest BCUT2D eigenvalue weighted by Crippen LogP contribution is 2.15. The standard InChI is InChI=1S/C15H23N5/c1-9(2)16-7-14-8-17-15(18-12(14)5)20-13(6)10(3)11(4)19-20/h8-9,16H,7H2,1-6H3. The molecule has 0 bridgehead atoms. The van der Waals surface area contributed by atoms with E-state index < -0.39 is 0 Å². The minimum Gasteiger partial charge on any atom is -0.310 e. The number of hydrogen-bond donors (Lipinski definition) is 1. The maximum Gasteiger partial charge on any atom is 0.250 e. The fourth-order valence-corrected chi connectivity index (χ4v) is 1.98. The van der Waals surface area contributed by atoms with Crippen molar-refractivity contribution in [3.63, 3.8) is 0 Å². The largest absolute Gasteiger partial charge is 0.310 e. The molecular weight excluding hydrogens is 250 g/mol. The molecule has 108 valence electrons. The zero-order valence-electron chi connectivity index (χ0n) is 13.2. The zero-order valence-corrected chi connectivity index (χ0v) is 13.2. The van der Waals surface area contributed by atoms with Gasteiger partial charge in [-0.05, 0) is 33.3 Å². The van der Waals surface area contributed by atoms with E-state index in [0.29, 0.717) is 12.0 Å². The van der Waals surface area contributed by atoms with Crippen LogP contribution in [0.25, 0.3) is 5.95 Å². The summed E-state index contributed by atoms with van der Waals surface area (Å²) in [4.78, 5) is 9.04. The van der Waals surface area contributed by atoms with E-state index in [9.17, 15) is 0 Å². The second kappa shape index (κ2) is 5.71. The minimum absolute atomic E-state index is 0.452. The summed E-state index contributed by atoms with van der Waals surface area (Å²) in [5.41, 5.74) is 5.43. The van der Waals surface area contributed by atoms with E-state index in [1.54, 1.807) is 0 Å². The summed E-state index contributed by atoms with van der Waals surface area (Å²) >= 11 is 0. The van der Waals surface area contributed by atoms with Crippen molar-refractivity contribution in [3.05, 3.63) is 34.4 Å². The molecule has 2 rings (SSSR count). The van der Waals surface area contributed by atoms with Crippen LogP contribution in [-0.2, 0) is 6.54 Å². The van der Waals surface area contributed by atoms with Crippen LogP contribution in [0.3, 0.4) is 0 Å². The van der Waals surface area contributed by atoms with Gasteiger partial charge in [0.15, 0.2) is 0 Å². The molecule has 0 unspecified atom stereocenters. The molecule has 0 saturated carbocycles. The van der Waals surface area contributed by atoms with Crippen LogP contribution in [-0.4, -0.2) is 25.8 Å². The van der Waals surface area contributed by atoms with Gasteiger partial charge in [-0.3, -0.25) is 0 Å². The highest BCUT2D eigenvalue weighted by atomic mass is 15.4. The summed E-state index contributed by atoms with van der Waals surface area (Å²) in [5, 5.41) is 7.89. The molecule has 2 aromatic heterocycles. The third-order valence-corrected chi connectivity index (χ3v) is 3.61. The molecule has 5 heteroatoms. The maximum atomic E-state index is 4.59. The van der Waals surface area contributed by atoms with Crippen molar-refractivity contribution in [2.75, 3.05) is 0 Å². The Kier molecular flexibility index (Phi) is 4.18. The number of aromatic nitrogens is 4. The van der Waals surface area contributed by atoms with E-state index >= 15 is 0 Å². The van der Waals surface area contributed by atoms with Crippen molar-refractivity contribution >= 4 is 0 Å². The van der Waals surface area contributed by atoms with Crippen LogP contribution < -0.4 is 5.32 Å². The molecule has 1 N–H and O–H groups in total. The smallest absolute Gasteiger partial charge is 0.250 e. The first kappa shape index (κ1) is 14.7. The molecule has 0 amide bonds. The summed E-state index contributed by atoms with van der Waals surface area (Å²) in [5.74, 6) is 0.643. The Bertz CT molecular complexity index is 613. The zero-order chi connectivity index (χ0) is 14.9. The van der Waals surface area contributed by atoms with E-state index in [4.69, 9.17) is 0 Å². The molecule has 0 fully saturated rings. The first-order valence-corrected chi connectivity index (χ1v) is 6.99. The minimum atomic E-state index is 0.452. The molecule has 0 aromatic carbocycles. The molecule has 0 aliphatic rings. The van der Waals surface area contributed by atoms with Crippen molar-refractivity contribution in [2.45, 2.75) is 54.1 Å². The van der Waals surface area contributed by atoms with Crippen LogP contribution in [0.4, 0.5) is 0 Å². The predicted octanol–water partition coefficient (Wildman–Crippen LogP) is 2.39. The summed E-state index contributed by atoms with van der Waals surface area (Å²) < 4.78 is 1.82. The molecule has 0 radical (unpaired) electrons. The van der Waals surface area contributed by atoms with Gasteiger partial charge in [0.2, 0.25) is 0 Å². The third kappa shape index (κ3) is 2.88. The van der Waals surface area contributed by atoms with E-state index in [1.165, 1.54) is 5.56 Å². The van der Waals surface area contributed by atoms with Crippen LogP contribution in [0.15, 0.2) is 6.20 Å². The first-order chi connectivity index (χ1) is 9.40. The van der Waals surface area contributed by atoms with Gasteiger partial charge in [0.05, 0.1) is 5.69 Å². The van der Waals surface area contributed by atoms with Gasteiger partial charge in [0.25, 0.3) is 5.95 Å². The van der Waals surface area contributed by atoms with Crippen LogP contribution >= 0.6 is 0 Å². The summed E-state index contributed by atoms with van der Waals surface area (Å²) in [7, 11) is 0. The van der Waals surface area contributed by atoms with Gasteiger partial charge in [-0.1, -0.05) is 13.8 Å². The van der Waals surface area contributed by atoms with E-state index in [2.05, 4.69) is 41.2 Å². The van der Waals surface area contributed by atoms with Gasteiger partial charge < -0.3 is 5.32 Å². The number of nitrogens with zero attached hydrogens (tertiary/aromatic N) is 4. The molecule has 2 aromatic rings. The molecule has 2 heterocycles. The molecule has 0 aliphatic heterocycles. The molecule has 0 aliphatic carbocycles. The normalized spacial score (nSPS) is 11.3. The van der Waals surface area contributed by atoms with Gasteiger partial charge in [-0.15, -0.1) is 0 Å². The predicted molar refractivity (Wildman–Crippen MR) is 80.1 cm³/mol. The Balaban J connectivity index is 2.31. The number of rotatable bonds is 4. The second-order valence-electron chi connectivity index (χ2n) is 5.52. The fraction of sp³-hybridized carbons (Fsp3) is 0.533. The molecule has 0 atom stereocenters. The molecule has 20 heavy (non-hydrogen) atoms. The second-order valence-corrected chi connectivity index (χ2v) is 5.52. The highest BCUT2D eigenvalue weighted by Gasteiger charge is 2.12. The number of aryl methyl sites for hydroxylation is 2. The summed E-state index contributed by atoms with van der Waals surface area (Å²) in [6, 6.07) is 0.452. The lowest BCUT2D eigenvalue weighted by Crippen LogP contribution is -2.23. The lowest BCUT2D eigenvalue weighted by molar-refractivity contribution is 0.584. The van der Waals surface area contributed by atoms with Crippen molar-refractivity contribution in [1.82, 2.24) is 25.1 Å². The van der Waals surface area contributed by atoms with Gasteiger partial charge in [-0.2, -0.15) is 5.10 Å². The maximum absolute atomic E-state index is 4.59. The SMILES string of the molecule is Cc1nc(-n2nc(C)c(C)c2C)ncc1CNC(C)C. The Morgan fingerprint density at radius 2 is 1.85 bits per heavy atom. The van der Waals surface area contributed by atoms with Gasteiger partial charge in [0.1, 0.15) is 0 Å². The first-order valence-electron chi connectivity index (χ1n) is 6.99. The summed E-state index contributed by atoms with van der Waals surface area (Å²) in [6.07, 6.45) is 1.89. The Morgan fingerprint density at radius 1 is 1.15 bits per heavy atom. The number of nitrogens with one attached hydrogen (secondary N) is 1. The Morgan fingerprint density at radius 3 is 2.35 bits per heavy atom. The molecule has 0 saturated heterocycles. The number of hydrogen-bond acceptors (Lipinski definition) is 4. The Labute approximate surface area is 120 Å². The van der Waals surface area contributed by atoms with E-state index in [0.717, 1.165) is 29.2 Å². The fourth-order valence-electron chi connectivity index (χ4n) is 1.98. The highest BCUT2D eigenvalue weighted by molar-refractivity contribution is 5.29. The molecule has 5 nitrogen and oxygen atoms in total.